The van der Waals surface area contributed by atoms with Crippen molar-refractivity contribution < 1.29 is 4.74 Å². The van der Waals surface area contributed by atoms with Gasteiger partial charge in [-0.25, -0.2) is 0 Å². The van der Waals surface area contributed by atoms with Gasteiger partial charge >= 0.3 is 0 Å². The molecule has 0 aromatic carbocycles. The Morgan fingerprint density at radius 1 is 1.33 bits per heavy atom. The zero-order chi connectivity index (χ0) is 13.4. The summed E-state index contributed by atoms with van der Waals surface area (Å²) in [5.74, 6) is 0.826. The average Bonchev–Trinajstić information content (AvgIpc) is 2.28. The molecule has 0 amide bonds. The molecule has 0 aliphatic carbocycles. The molecule has 0 aliphatic rings. The van der Waals surface area contributed by atoms with E-state index in [1.165, 1.54) is 0 Å². The molecule has 0 unspecified atom stereocenters. The van der Waals surface area contributed by atoms with E-state index in [0.29, 0.717) is 6.61 Å². The second-order valence-corrected chi connectivity index (χ2v) is 5.25. The van der Waals surface area contributed by atoms with Crippen LogP contribution in [0.25, 0.3) is 6.08 Å². The van der Waals surface area contributed by atoms with Gasteiger partial charge in [0.05, 0.1) is 12.8 Å². The van der Waals surface area contributed by atoms with Crippen molar-refractivity contribution in [1.82, 2.24) is 10.3 Å². The first-order valence-corrected chi connectivity index (χ1v) is 6.50. The van der Waals surface area contributed by atoms with Crippen LogP contribution in [-0.4, -0.2) is 23.7 Å². The lowest BCUT2D eigenvalue weighted by Gasteiger charge is -2.19. The molecule has 1 rings (SSSR count). The molecule has 0 atom stereocenters. The molecular formula is C15H24N2O. The minimum absolute atomic E-state index is 0.185. The summed E-state index contributed by atoms with van der Waals surface area (Å²) in [7, 11) is 0. The highest BCUT2D eigenvalue weighted by molar-refractivity contribution is 5.49. The fourth-order valence-corrected chi connectivity index (χ4v) is 1.52. The molecule has 0 radical (unpaired) electrons. The highest BCUT2D eigenvalue weighted by Gasteiger charge is 2.06. The third-order valence-corrected chi connectivity index (χ3v) is 2.32. The first-order valence-electron chi connectivity index (χ1n) is 6.50. The van der Waals surface area contributed by atoms with E-state index in [-0.39, 0.29) is 5.54 Å². The summed E-state index contributed by atoms with van der Waals surface area (Å²) < 4.78 is 5.41. The lowest BCUT2D eigenvalue weighted by atomic mass is 10.1. The summed E-state index contributed by atoms with van der Waals surface area (Å²) in [5, 5.41) is 3.45. The van der Waals surface area contributed by atoms with Crippen molar-refractivity contribution >= 4 is 6.08 Å². The molecule has 1 N–H and O–H groups in total. The van der Waals surface area contributed by atoms with Crippen molar-refractivity contribution in [3.63, 3.8) is 0 Å². The number of nitrogens with one attached hydrogen (secondary N) is 1. The molecule has 0 saturated carbocycles. The first-order chi connectivity index (χ1) is 8.51. The maximum atomic E-state index is 5.41. The monoisotopic (exact) mass is 248 g/mol. The highest BCUT2D eigenvalue weighted by atomic mass is 16.5. The van der Waals surface area contributed by atoms with Gasteiger partial charge in [0.2, 0.25) is 0 Å². The summed E-state index contributed by atoms with van der Waals surface area (Å²) in [6.07, 6.45) is 8.83. The molecule has 1 aromatic rings. The molecule has 0 fully saturated rings. The van der Waals surface area contributed by atoms with E-state index >= 15 is 0 Å². The van der Waals surface area contributed by atoms with E-state index in [4.69, 9.17) is 4.74 Å². The van der Waals surface area contributed by atoms with Gasteiger partial charge < -0.3 is 10.1 Å². The first kappa shape index (κ1) is 14.7. The summed E-state index contributed by atoms with van der Waals surface area (Å²) >= 11 is 0. The van der Waals surface area contributed by atoms with Crippen molar-refractivity contribution in [1.29, 1.82) is 0 Å². The molecule has 0 bridgehead atoms. The number of hydrogen-bond donors (Lipinski definition) is 1. The molecule has 18 heavy (non-hydrogen) atoms. The van der Waals surface area contributed by atoms with Gasteiger partial charge in [-0.3, -0.25) is 4.98 Å². The lowest BCUT2D eigenvalue weighted by molar-refractivity contribution is 0.339. The van der Waals surface area contributed by atoms with Crippen LogP contribution in [0.1, 0.15) is 39.7 Å². The van der Waals surface area contributed by atoms with Gasteiger partial charge in [-0.2, -0.15) is 0 Å². The van der Waals surface area contributed by atoms with Crippen LogP contribution in [0, 0.1) is 0 Å². The molecule has 3 nitrogen and oxygen atoms in total. The average molecular weight is 248 g/mol. The molecule has 0 saturated heterocycles. The van der Waals surface area contributed by atoms with Crippen LogP contribution in [0.3, 0.4) is 0 Å². The smallest absolute Gasteiger partial charge is 0.138 e. The zero-order valence-electron chi connectivity index (χ0n) is 11.9. The maximum Gasteiger partial charge on any atom is 0.138 e. The Labute approximate surface area is 110 Å². The number of rotatable bonds is 6. The van der Waals surface area contributed by atoms with Crippen LogP contribution in [0.4, 0.5) is 0 Å². The molecule has 0 spiro atoms. The predicted octanol–water partition coefficient (Wildman–Crippen LogP) is 3.27. The van der Waals surface area contributed by atoms with Crippen molar-refractivity contribution in [2.75, 3.05) is 13.2 Å². The molecular weight excluding hydrogens is 224 g/mol. The standard InChI is InChI=1S/C15H24N2O/c1-5-18-14-10-13(11-16-12-14)8-6-7-9-17-15(2,3)4/h6,8,10-12,17H,5,7,9H2,1-4H3/b8-6+. The maximum absolute atomic E-state index is 5.41. The highest BCUT2D eigenvalue weighted by Crippen LogP contribution is 2.12. The van der Waals surface area contributed by atoms with Crippen LogP contribution in [-0.2, 0) is 0 Å². The largest absolute Gasteiger partial charge is 0.492 e. The Morgan fingerprint density at radius 3 is 2.78 bits per heavy atom. The summed E-state index contributed by atoms with van der Waals surface area (Å²) in [4.78, 5) is 4.15. The Morgan fingerprint density at radius 2 is 2.11 bits per heavy atom. The van der Waals surface area contributed by atoms with E-state index in [1.54, 1.807) is 6.20 Å². The summed E-state index contributed by atoms with van der Waals surface area (Å²) in [5.41, 5.74) is 1.27. The van der Waals surface area contributed by atoms with Crippen molar-refractivity contribution in [3.8, 4) is 5.75 Å². The van der Waals surface area contributed by atoms with Gasteiger partial charge in [-0.05, 0) is 52.3 Å². The van der Waals surface area contributed by atoms with Gasteiger partial charge in [0.1, 0.15) is 5.75 Å². The van der Waals surface area contributed by atoms with E-state index in [1.807, 2.05) is 19.2 Å². The minimum atomic E-state index is 0.185. The zero-order valence-corrected chi connectivity index (χ0v) is 11.9. The topological polar surface area (TPSA) is 34.1 Å². The predicted molar refractivity (Wildman–Crippen MR) is 76.8 cm³/mol. The van der Waals surface area contributed by atoms with E-state index in [9.17, 15) is 0 Å². The second-order valence-electron chi connectivity index (χ2n) is 5.25. The van der Waals surface area contributed by atoms with Gasteiger partial charge in [0.15, 0.2) is 0 Å². The van der Waals surface area contributed by atoms with Crippen molar-refractivity contribution in [3.05, 3.63) is 30.1 Å². The van der Waals surface area contributed by atoms with Crippen molar-refractivity contribution in [2.24, 2.45) is 0 Å². The van der Waals surface area contributed by atoms with E-state index in [2.05, 4.69) is 43.2 Å². The number of pyridine rings is 1. The van der Waals surface area contributed by atoms with Gasteiger partial charge in [0.25, 0.3) is 0 Å². The Hall–Kier alpha value is -1.35. The molecule has 0 aliphatic heterocycles. The fourth-order valence-electron chi connectivity index (χ4n) is 1.52. The Balaban J connectivity index is 2.39. The van der Waals surface area contributed by atoms with Crippen LogP contribution in [0.5, 0.6) is 5.75 Å². The Bertz CT molecular complexity index is 380. The molecule has 1 aromatic heterocycles. The van der Waals surface area contributed by atoms with Crippen LogP contribution in [0.15, 0.2) is 24.5 Å². The van der Waals surface area contributed by atoms with Gasteiger partial charge in [-0.1, -0.05) is 12.2 Å². The normalized spacial score (nSPS) is 12.0. The van der Waals surface area contributed by atoms with Crippen LogP contribution in [0.2, 0.25) is 0 Å². The molecule has 3 heteroatoms. The number of nitrogens with zero attached hydrogens (tertiary/aromatic N) is 1. The van der Waals surface area contributed by atoms with Crippen LogP contribution < -0.4 is 10.1 Å². The number of hydrogen-bond acceptors (Lipinski definition) is 3. The minimum Gasteiger partial charge on any atom is -0.492 e. The van der Waals surface area contributed by atoms with Gasteiger partial charge in [-0.15, -0.1) is 0 Å². The van der Waals surface area contributed by atoms with E-state index in [0.717, 1.165) is 24.3 Å². The fraction of sp³-hybridized carbons (Fsp3) is 0.533. The summed E-state index contributed by atoms with van der Waals surface area (Å²) in [6, 6.07) is 2.00. The lowest BCUT2D eigenvalue weighted by Crippen LogP contribution is -2.36. The third kappa shape index (κ3) is 6.40. The summed E-state index contributed by atoms with van der Waals surface area (Å²) in [6.45, 7) is 10.1. The van der Waals surface area contributed by atoms with Crippen molar-refractivity contribution in [2.45, 2.75) is 39.7 Å². The molecule has 100 valence electrons. The molecule has 1 heterocycles. The van der Waals surface area contributed by atoms with E-state index < -0.39 is 0 Å². The number of ether oxygens (including phenoxy) is 1. The third-order valence-electron chi connectivity index (χ3n) is 2.32. The second kappa shape index (κ2) is 7.17. The number of aromatic nitrogens is 1. The SMILES string of the molecule is CCOc1cncc(/C=C/CCNC(C)(C)C)c1. The Kier molecular flexibility index (Phi) is 5.86. The van der Waals surface area contributed by atoms with Crippen LogP contribution >= 0.6 is 0 Å². The van der Waals surface area contributed by atoms with Gasteiger partial charge in [0, 0.05) is 11.7 Å². The quantitative estimate of drug-likeness (QED) is 0.785.